The molecule has 0 heterocycles. The molecule has 1 atom stereocenters. The highest BCUT2D eigenvalue weighted by Gasteiger charge is 2.17. The van der Waals surface area contributed by atoms with Crippen LogP contribution in [0.4, 0.5) is 0 Å². The second kappa shape index (κ2) is 6.44. The van der Waals surface area contributed by atoms with Crippen LogP contribution in [-0.4, -0.2) is 37.1 Å². The van der Waals surface area contributed by atoms with Crippen LogP contribution in [0.25, 0.3) is 0 Å². The molecule has 0 radical (unpaired) electrons. The third-order valence-corrected chi connectivity index (χ3v) is 1.83. The van der Waals surface area contributed by atoms with Crippen molar-refractivity contribution in [2.45, 2.75) is 26.3 Å². The predicted molar refractivity (Wildman–Crippen MR) is 49.0 cm³/mol. The number of ether oxygens (including phenoxy) is 1. The van der Waals surface area contributed by atoms with Crippen LogP contribution in [0, 0.1) is 11.3 Å². The van der Waals surface area contributed by atoms with Crippen molar-refractivity contribution in [2.75, 3.05) is 20.3 Å². The predicted octanol–water partition coefficient (Wildman–Crippen LogP) is 0.783. The van der Waals surface area contributed by atoms with Crippen molar-refractivity contribution in [2.24, 2.45) is 0 Å². The Morgan fingerprint density at radius 1 is 1.69 bits per heavy atom. The fourth-order valence-electron chi connectivity index (χ4n) is 1.23. The molecule has 4 nitrogen and oxygen atoms in total. The first-order chi connectivity index (χ1) is 6.17. The molecule has 0 aliphatic rings. The Bertz CT molecular complexity index is 198. The first-order valence-corrected chi connectivity index (χ1v) is 4.32. The molecule has 0 N–H and O–H groups in total. The molecule has 0 saturated heterocycles. The van der Waals surface area contributed by atoms with Crippen LogP contribution in [0.2, 0.25) is 0 Å². The smallest absolute Gasteiger partial charge is 0.237 e. The van der Waals surface area contributed by atoms with Gasteiger partial charge in [0.1, 0.15) is 6.42 Å². The molecule has 0 rings (SSSR count). The lowest BCUT2D eigenvalue weighted by atomic mass is 10.2. The molecular weight excluding hydrogens is 168 g/mol. The van der Waals surface area contributed by atoms with E-state index in [0.29, 0.717) is 13.2 Å². The van der Waals surface area contributed by atoms with Gasteiger partial charge >= 0.3 is 0 Å². The number of methoxy groups -OCH3 is 1. The molecule has 0 aromatic carbocycles. The van der Waals surface area contributed by atoms with E-state index in [1.54, 1.807) is 12.0 Å². The average Bonchev–Trinajstić information content (AvgIpc) is 2.06. The van der Waals surface area contributed by atoms with Crippen molar-refractivity contribution < 1.29 is 9.53 Å². The summed E-state index contributed by atoms with van der Waals surface area (Å²) in [4.78, 5) is 13.0. The van der Waals surface area contributed by atoms with Crippen molar-refractivity contribution in [1.82, 2.24) is 4.90 Å². The van der Waals surface area contributed by atoms with Gasteiger partial charge in [-0.3, -0.25) is 4.79 Å². The van der Waals surface area contributed by atoms with Crippen LogP contribution < -0.4 is 0 Å². The standard InChI is InChI=1S/C9H16N2O2/c1-4-11(8(2)7-13-3)9(12)5-6-10/h8H,4-5,7H2,1-3H3. The normalized spacial score (nSPS) is 11.8. The monoisotopic (exact) mass is 184 g/mol. The highest BCUT2D eigenvalue weighted by molar-refractivity contribution is 5.78. The lowest BCUT2D eigenvalue weighted by molar-refractivity contribution is -0.132. The fourth-order valence-corrected chi connectivity index (χ4v) is 1.23. The molecule has 0 spiro atoms. The van der Waals surface area contributed by atoms with E-state index in [2.05, 4.69) is 0 Å². The van der Waals surface area contributed by atoms with Gasteiger partial charge in [0.25, 0.3) is 0 Å². The van der Waals surface area contributed by atoms with Crippen molar-refractivity contribution in [1.29, 1.82) is 5.26 Å². The average molecular weight is 184 g/mol. The summed E-state index contributed by atoms with van der Waals surface area (Å²) in [6, 6.07) is 1.89. The van der Waals surface area contributed by atoms with Crippen molar-refractivity contribution >= 4 is 5.91 Å². The van der Waals surface area contributed by atoms with E-state index in [4.69, 9.17) is 10.00 Å². The van der Waals surface area contributed by atoms with Crippen molar-refractivity contribution in [3.63, 3.8) is 0 Å². The zero-order valence-electron chi connectivity index (χ0n) is 8.41. The lowest BCUT2D eigenvalue weighted by Gasteiger charge is -2.26. The number of hydrogen-bond acceptors (Lipinski definition) is 3. The Balaban J connectivity index is 4.16. The number of nitriles is 1. The Kier molecular flexibility index (Phi) is 5.90. The highest BCUT2D eigenvalue weighted by atomic mass is 16.5. The van der Waals surface area contributed by atoms with Crippen LogP contribution >= 0.6 is 0 Å². The zero-order valence-corrected chi connectivity index (χ0v) is 8.41. The van der Waals surface area contributed by atoms with E-state index in [0.717, 1.165) is 0 Å². The first-order valence-electron chi connectivity index (χ1n) is 4.32. The Morgan fingerprint density at radius 3 is 2.69 bits per heavy atom. The van der Waals surface area contributed by atoms with Crippen LogP contribution in [0.5, 0.6) is 0 Å². The summed E-state index contributed by atoms with van der Waals surface area (Å²) >= 11 is 0. The van der Waals surface area contributed by atoms with E-state index in [9.17, 15) is 4.79 Å². The Hall–Kier alpha value is -1.08. The minimum absolute atomic E-state index is 0.0378. The molecular formula is C9H16N2O2. The number of nitrogens with zero attached hydrogens (tertiary/aromatic N) is 2. The van der Waals surface area contributed by atoms with Crippen LogP contribution in [0.3, 0.4) is 0 Å². The van der Waals surface area contributed by atoms with Crippen molar-refractivity contribution in [3.8, 4) is 6.07 Å². The summed E-state index contributed by atoms with van der Waals surface area (Å²) in [5.41, 5.74) is 0. The molecule has 0 aromatic heterocycles. The number of likely N-dealkylation sites (N-methyl/N-ethyl adjacent to an activating group) is 1. The van der Waals surface area contributed by atoms with Crippen LogP contribution in [0.1, 0.15) is 20.3 Å². The van der Waals surface area contributed by atoms with E-state index in [1.807, 2.05) is 19.9 Å². The van der Waals surface area contributed by atoms with Gasteiger partial charge in [0.2, 0.25) is 5.91 Å². The van der Waals surface area contributed by atoms with Gasteiger partial charge in [-0.15, -0.1) is 0 Å². The maximum atomic E-state index is 11.3. The molecule has 74 valence electrons. The summed E-state index contributed by atoms with van der Waals surface area (Å²) < 4.78 is 4.94. The Morgan fingerprint density at radius 2 is 2.31 bits per heavy atom. The maximum Gasteiger partial charge on any atom is 0.237 e. The summed E-state index contributed by atoms with van der Waals surface area (Å²) in [5.74, 6) is -0.130. The maximum absolute atomic E-state index is 11.3. The Labute approximate surface area is 79.1 Å². The van der Waals surface area contributed by atoms with Gasteiger partial charge in [-0.05, 0) is 13.8 Å². The van der Waals surface area contributed by atoms with E-state index < -0.39 is 0 Å². The number of rotatable bonds is 5. The van der Waals surface area contributed by atoms with Gasteiger partial charge in [-0.2, -0.15) is 5.26 Å². The minimum atomic E-state index is -0.130. The largest absolute Gasteiger partial charge is 0.383 e. The highest BCUT2D eigenvalue weighted by Crippen LogP contribution is 2.01. The van der Waals surface area contributed by atoms with Gasteiger partial charge in [0.15, 0.2) is 0 Å². The van der Waals surface area contributed by atoms with Crippen LogP contribution in [-0.2, 0) is 9.53 Å². The number of amides is 1. The quantitative estimate of drug-likeness (QED) is 0.634. The van der Waals surface area contributed by atoms with Gasteiger partial charge in [-0.25, -0.2) is 0 Å². The summed E-state index contributed by atoms with van der Waals surface area (Å²) in [5, 5.41) is 8.36. The second-order valence-electron chi connectivity index (χ2n) is 2.82. The third kappa shape index (κ3) is 3.90. The molecule has 0 aromatic rings. The zero-order chi connectivity index (χ0) is 10.3. The fraction of sp³-hybridized carbons (Fsp3) is 0.778. The van der Waals surface area contributed by atoms with Gasteiger partial charge in [0.05, 0.1) is 18.7 Å². The van der Waals surface area contributed by atoms with E-state index >= 15 is 0 Å². The molecule has 0 bridgehead atoms. The molecule has 0 aliphatic carbocycles. The first kappa shape index (κ1) is 11.9. The molecule has 4 heteroatoms. The summed E-state index contributed by atoms with van der Waals surface area (Å²) in [6.07, 6.45) is -0.0537. The van der Waals surface area contributed by atoms with Gasteiger partial charge in [0, 0.05) is 13.7 Å². The number of carbonyl (C=O) groups excluding carboxylic acids is 1. The molecule has 0 aliphatic heterocycles. The van der Waals surface area contributed by atoms with Gasteiger partial charge < -0.3 is 9.64 Å². The number of hydrogen-bond donors (Lipinski definition) is 0. The summed E-state index contributed by atoms with van der Waals surface area (Å²) in [7, 11) is 1.60. The summed E-state index contributed by atoms with van der Waals surface area (Å²) in [6.45, 7) is 4.92. The van der Waals surface area contributed by atoms with Gasteiger partial charge in [-0.1, -0.05) is 0 Å². The molecule has 0 saturated carbocycles. The van der Waals surface area contributed by atoms with Crippen molar-refractivity contribution in [3.05, 3.63) is 0 Å². The van der Waals surface area contributed by atoms with Crippen LogP contribution in [0.15, 0.2) is 0 Å². The third-order valence-electron chi connectivity index (χ3n) is 1.83. The van der Waals surface area contributed by atoms with E-state index in [-0.39, 0.29) is 18.4 Å². The number of carbonyl (C=O) groups is 1. The SMILES string of the molecule is CCN(C(=O)CC#N)C(C)COC. The topological polar surface area (TPSA) is 53.3 Å². The molecule has 13 heavy (non-hydrogen) atoms. The molecule has 1 unspecified atom stereocenters. The second-order valence-corrected chi connectivity index (χ2v) is 2.82. The minimum Gasteiger partial charge on any atom is -0.383 e. The molecule has 1 amide bonds. The van der Waals surface area contributed by atoms with E-state index in [1.165, 1.54) is 0 Å². The lowest BCUT2D eigenvalue weighted by Crippen LogP contribution is -2.40. The molecule has 0 fully saturated rings.